The van der Waals surface area contributed by atoms with E-state index in [1.165, 1.54) is 4.88 Å². The van der Waals surface area contributed by atoms with Gasteiger partial charge in [-0.15, -0.1) is 11.3 Å². The van der Waals surface area contributed by atoms with E-state index >= 15 is 0 Å². The van der Waals surface area contributed by atoms with Crippen LogP contribution in [0.15, 0.2) is 24.4 Å². The highest BCUT2D eigenvalue weighted by atomic mass is 32.1. The molecule has 0 atom stereocenters. The van der Waals surface area contributed by atoms with Gasteiger partial charge < -0.3 is 10.2 Å². The van der Waals surface area contributed by atoms with Crippen LogP contribution in [0.5, 0.6) is 0 Å². The van der Waals surface area contributed by atoms with E-state index in [9.17, 15) is 0 Å². The molecule has 0 saturated heterocycles. The molecule has 0 saturated carbocycles. The van der Waals surface area contributed by atoms with Crippen LogP contribution in [0, 0.1) is 6.92 Å². The van der Waals surface area contributed by atoms with Crippen LogP contribution in [0.1, 0.15) is 10.6 Å². The summed E-state index contributed by atoms with van der Waals surface area (Å²) in [5.74, 6) is 0.846. The summed E-state index contributed by atoms with van der Waals surface area (Å²) in [6, 6.07) is 5.99. The molecule has 0 fully saturated rings. The summed E-state index contributed by atoms with van der Waals surface area (Å²) in [6.07, 6.45) is 1.86. The second-order valence-electron chi connectivity index (χ2n) is 4.15. The smallest absolute Gasteiger partial charge is 0.188 e. The van der Waals surface area contributed by atoms with E-state index in [2.05, 4.69) is 20.2 Å². The zero-order valence-corrected chi connectivity index (χ0v) is 11.1. The maximum Gasteiger partial charge on any atom is 0.188 e. The van der Waals surface area contributed by atoms with Crippen molar-refractivity contribution in [2.75, 3.05) is 19.4 Å². The van der Waals surface area contributed by atoms with Crippen LogP contribution in [0.3, 0.4) is 0 Å². The second-order valence-corrected chi connectivity index (χ2v) is 5.39. The van der Waals surface area contributed by atoms with E-state index in [0.29, 0.717) is 0 Å². The predicted octanol–water partition coefficient (Wildman–Crippen LogP) is 2.65. The largest absolute Gasteiger partial charge is 0.316 e. The average Bonchev–Trinajstić information content (AvgIpc) is 2.63. The zero-order valence-electron chi connectivity index (χ0n) is 10.3. The van der Waals surface area contributed by atoms with Gasteiger partial charge in [0.05, 0.1) is 5.69 Å². The molecule has 90 valence electrons. The second kappa shape index (κ2) is 5.25. The number of aromatic nitrogens is 2. The monoisotopic (exact) mass is 248 g/mol. The Labute approximate surface area is 105 Å². The number of rotatable bonds is 4. The van der Waals surface area contributed by atoms with Crippen LogP contribution < -0.4 is 5.32 Å². The molecule has 0 bridgehead atoms. The van der Waals surface area contributed by atoms with Crippen LogP contribution in [0.2, 0.25) is 0 Å². The Hall–Kier alpha value is -1.46. The molecule has 0 spiro atoms. The lowest BCUT2D eigenvalue weighted by Crippen LogP contribution is -2.12. The summed E-state index contributed by atoms with van der Waals surface area (Å²) in [4.78, 5) is 12.1. The summed E-state index contributed by atoms with van der Waals surface area (Å²) < 4.78 is 0. The molecule has 5 heteroatoms. The van der Waals surface area contributed by atoms with Crippen molar-refractivity contribution in [2.45, 2.75) is 13.5 Å². The van der Waals surface area contributed by atoms with Crippen LogP contribution in [-0.2, 0) is 6.54 Å². The Bertz CT molecular complexity index is 493. The van der Waals surface area contributed by atoms with E-state index in [4.69, 9.17) is 0 Å². The van der Waals surface area contributed by atoms with Gasteiger partial charge in [0.25, 0.3) is 0 Å². The molecular formula is C12H16N4S. The van der Waals surface area contributed by atoms with E-state index in [-0.39, 0.29) is 0 Å². The van der Waals surface area contributed by atoms with Crippen molar-refractivity contribution < 1.29 is 0 Å². The minimum atomic E-state index is 0.840. The number of aryl methyl sites for hydroxylation is 1. The van der Waals surface area contributed by atoms with Gasteiger partial charge in [0.2, 0.25) is 0 Å². The first-order chi connectivity index (χ1) is 8.13. The molecule has 0 radical (unpaired) electrons. The van der Waals surface area contributed by atoms with E-state index < -0.39 is 0 Å². The summed E-state index contributed by atoms with van der Waals surface area (Å²) in [7, 11) is 4.07. The first-order valence-electron chi connectivity index (χ1n) is 5.43. The molecule has 0 aliphatic heterocycles. The van der Waals surface area contributed by atoms with Crippen molar-refractivity contribution in [3.8, 4) is 0 Å². The Morgan fingerprint density at radius 1 is 1.35 bits per heavy atom. The highest BCUT2D eigenvalue weighted by Gasteiger charge is 2.02. The lowest BCUT2D eigenvalue weighted by Gasteiger charge is -2.09. The van der Waals surface area contributed by atoms with Crippen LogP contribution >= 0.6 is 11.3 Å². The normalized spacial score (nSPS) is 10.8. The number of hydrogen-bond acceptors (Lipinski definition) is 5. The summed E-state index contributed by atoms with van der Waals surface area (Å²) in [6.45, 7) is 2.88. The minimum Gasteiger partial charge on any atom is -0.316 e. The Kier molecular flexibility index (Phi) is 3.71. The first kappa shape index (κ1) is 12.0. The van der Waals surface area contributed by atoms with Gasteiger partial charge in [-0.05, 0) is 33.2 Å². The predicted molar refractivity (Wildman–Crippen MR) is 71.8 cm³/mol. The standard InChI is InChI=1S/C12H16N4S/c1-9-7-13-12(17-9)15-11-6-4-5-10(14-11)8-16(2)3/h4-7H,8H2,1-3H3,(H,13,14,15). The lowest BCUT2D eigenvalue weighted by atomic mass is 10.3. The fourth-order valence-electron chi connectivity index (χ4n) is 1.48. The maximum absolute atomic E-state index is 4.53. The quantitative estimate of drug-likeness (QED) is 0.903. The molecule has 0 amide bonds. The Morgan fingerprint density at radius 2 is 2.18 bits per heavy atom. The number of nitrogens with zero attached hydrogens (tertiary/aromatic N) is 3. The molecule has 0 unspecified atom stereocenters. The van der Waals surface area contributed by atoms with E-state index in [0.717, 1.165) is 23.2 Å². The van der Waals surface area contributed by atoms with E-state index in [1.54, 1.807) is 11.3 Å². The molecule has 17 heavy (non-hydrogen) atoms. The van der Waals surface area contributed by atoms with Crippen LogP contribution in [0.25, 0.3) is 0 Å². The van der Waals surface area contributed by atoms with Gasteiger partial charge in [-0.3, -0.25) is 0 Å². The highest BCUT2D eigenvalue weighted by molar-refractivity contribution is 7.15. The summed E-state index contributed by atoms with van der Waals surface area (Å²) in [5.41, 5.74) is 1.05. The topological polar surface area (TPSA) is 41.1 Å². The van der Waals surface area contributed by atoms with Crippen molar-refractivity contribution in [1.82, 2.24) is 14.9 Å². The molecule has 4 nitrogen and oxygen atoms in total. The lowest BCUT2D eigenvalue weighted by molar-refractivity contribution is 0.397. The van der Waals surface area contributed by atoms with Gasteiger partial charge in [0.15, 0.2) is 5.13 Å². The third-order valence-electron chi connectivity index (χ3n) is 2.14. The summed E-state index contributed by atoms with van der Waals surface area (Å²) in [5, 5.41) is 4.10. The molecule has 0 aromatic carbocycles. The van der Waals surface area contributed by atoms with Crippen molar-refractivity contribution in [3.05, 3.63) is 35.0 Å². The molecular weight excluding hydrogens is 232 g/mol. The van der Waals surface area contributed by atoms with Gasteiger partial charge >= 0.3 is 0 Å². The molecule has 2 aromatic rings. The van der Waals surface area contributed by atoms with Crippen molar-refractivity contribution >= 4 is 22.3 Å². The van der Waals surface area contributed by atoms with Crippen LogP contribution in [-0.4, -0.2) is 29.0 Å². The number of anilines is 2. The van der Waals surface area contributed by atoms with Crippen molar-refractivity contribution in [3.63, 3.8) is 0 Å². The van der Waals surface area contributed by atoms with Crippen LogP contribution in [0.4, 0.5) is 10.9 Å². The number of nitrogens with one attached hydrogen (secondary N) is 1. The van der Waals surface area contributed by atoms with Gasteiger partial charge in [0.1, 0.15) is 5.82 Å². The molecule has 0 aliphatic rings. The fourth-order valence-corrected chi connectivity index (χ4v) is 2.15. The maximum atomic E-state index is 4.53. The Balaban J connectivity index is 2.10. The highest BCUT2D eigenvalue weighted by Crippen LogP contribution is 2.20. The van der Waals surface area contributed by atoms with Gasteiger partial charge in [0, 0.05) is 17.6 Å². The molecule has 2 heterocycles. The minimum absolute atomic E-state index is 0.840. The molecule has 1 N–H and O–H groups in total. The average molecular weight is 248 g/mol. The van der Waals surface area contributed by atoms with Gasteiger partial charge in [-0.25, -0.2) is 9.97 Å². The number of thiazole rings is 1. The number of hydrogen-bond donors (Lipinski definition) is 1. The van der Waals surface area contributed by atoms with E-state index in [1.807, 2.05) is 45.4 Å². The van der Waals surface area contributed by atoms with Gasteiger partial charge in [-0.1, -0.05) is 6.07 Å². The third-order valence-corrected chi connectivity index (χ3v) is 2.97. The molecule has 0 aliphatic carbocycles. The van der Waals surface area contributed by atoms with Crippen molar-refractivity contribution in [1.29, 1.82) is 0 Å². The Morgan fingerprint density at radius 3 is 2.82 bits per heavy atom. The third kappa shape index (κ3) is 3.51. The number of pyridine rings is 1. The SMILES string of the molecule is Cc1cnc(Nc2cccc(CN(C)C)n2)s1. The molecule has 2 aromatic heterocycles. The zero-order chi connectivity index (χ0) is 12.3. The van der Waals surface area contributed by atoms with Gasteiger partial charge in [-0.2, -0.15) is 0 Å². The fraction of sp³-hybridized carbons (Fsp3) is 0.333. The van der Waals surface area contributed by atoms with Crippen molar-refractivity contribution in [2.24, 2.45) is 0 Å². The first-order valence-corrected chi connectivity index (χ1v) is 6.25. The summed E-state index contributed by atoms with van der Waals surface area (Å²) >= 11 is 1.63. The molecule has 2 rings (SSSR count).